The van der Waals surface area contributed by atoms with E-state index in [1.54, 1.807) is 97.1 Å². The van der Waals surface area contributed by atoms with Crippen molar-refractivity contribution in [3.05, 3.63) is 263 Å². The molecule has 8 aromatic rings. The number of hydrogen-bond donors (Lipinski definition) is 0. The zero-order valence-corrected chi connectivity index (χ0v) is 52.8. The van der Waals surface area contributed by atoms with Crippen LogP contribution in [0.1, 0.15) is 72.2 Å². The molecular formula is C70H70O20P2. The van der Waals surface area contributed by atoms with Crippen LogP contribution in [0, 0.1) is 0 Å². The van der Waals surface area contributed by atoms with Crippen LogP contribution < -0.4 is 18.9 Å². The minimum absolute atomic E-state index is 0.0639. The van der Waals surface area contributed by atoms with Crippen molar-refractivity contribution >= 4 is 39.5 Å². The SMILES string of the molecule is CC(=O)Oc1ccc(COP(=O)(OCc2ccc(OC(C)=O)cc2)O[C@@H]2C(OCc3ccccc3)[C@H](OP(=O)(OCc3ccc(OC(C)=O)cc3)OCc3ccc(OC(C)=O)cc3)[C@H](OCc3ccccc3)C(OCc3ccccc3)[C@H]2OCc2ccccc2)cc1. The smallest absolute Gasteiger partial charge is 0.427 e. The van der Waals surface area contributed by atoms with E-state index in [0.717, 1.165) is 16.7 Å². The maximum Gasteiger partial charge on any atom is 0.475 e. The van der Waals surface area contributed by atoms with Gasteiger partial charge in [0.15, 0.2) is 0 Å². The normalized spacial score (nSPS) is 17.3. The zero-order chi connectivity index (χ0) is 64.7. The summed E-state index contributed by atoms with van der Waals surface area (Å²) in [5, 5.41) is 0. The summed E-state index contributed by atoms with van der Waals surface area (Å²) in [4.78, 5) is 47.5. The van der Waals surface area contributed by atoms with Crippen molar-refractivity contribution in [3.63, 3.8) is 0 Å². The Morgan fingerprint density at radius 3 is 0.652 bits per heavy atom. The van der Waals surface area contributed by atoms with E-state index in [2.05, 4.69) is 0 Å². The molecule has 480 valence electrons. The highest BCUT2D eigenvalue weighted by Crippen LogP contribution is 2.58. The molecule has 0 spiro atoms. The van der Waals surface area contributed by atoms with Crippen LogP contribution in [-0.4, -0.2) is 60.5 Å². The fourth-order valence-electron chi connectivity index (χ4n) is 9.57. The van der Waals surface area contributed by atoms with Crippen LogP contribution in [0.25, 0.3) is 0 Å². The molecule has 22 heteroatoms. The summed E-state index contributed by atoms with van der Waals surface area (Å²) in [5.41, 5.74) is 4.73. The van der Waals surface area contributed by atoms with Crippen LogP contribution in [0.4, 0.5) is 0 Å². The molecule has 2 unspecified atom stereocenters. The molecule has 0 saturated heterocycles. The lowest BCUT2D eigenvalue weighted by Gasteiger charge is -2.50. The van der Waals surface area contributed by atoms with E-state index in [1.165, 1.54) is 27.7 Å². The van der Waals surface area contributed by atoms with Crippen molar-refractivity contribution in [2.45, 2.75) is 117 Å². The van der Waals surface area contributed by atoms with Crippen molar-refractivity contribution in [2.24, 2.45) is 0 Å². The number of hydrogen-bond acceptors (Lipinski definition) is 20. The van der Waals surface area contributed by atoms with Crippen molar-refractivity contribution in [3.8, 4) is 23.0 Å². The van der Waals surface area contributed by atoms with Crippen molar-refractivity contribution < 1.29 is 93.3 Å². The van der Waals surface area contributed by atoms with Crippen molar-refractivity contribution in [1.29, 1.82) is 0 Å². The molecule has 1 saturated carbocycles. The zero-order valence-electron chi connectivity index (χ0n) is 51.0. The number of ether oxygens (including phenoxy) is 8. The van der Waals surface area contributed by atoms with E-state index < -0.39 is 103 Å². The van der Waals surface area contributed by atoms with Gasteiger partial charge in [-0.05, 0) is 93.0 Å². The largest absolute Gasteiger partial charge is 0.475 e. The van der Waals surface area contributed by atoms with Gasteiger partial charge < -0.3 is 37.9 Å². The molecule has 1 fully saturated rings. The summed E-state index contributed by atoms with van der Waals surface area (Å²) >= 11 is 0. The average molecular weight is 1290 g/mol. The summed E-state index contributed by atoms with van der Waals surface area (Å²) in [5.74, 6) is -1.11. The van der Waals surface area contributed by atoms with E-state index in [-0.39, 0.29) is 49.4 Å². The molecule has 1 aliphatic rings. The van der Waals surface area contributed by atoms with Gasteiger partial charge in [0, 0.05) is 27.7 Å². The first-order valence-electron chi connectivity index (χ1n) is 29.4. The Morgan fingerprint density at radius 1 is 0.261 bits per heavy atom. The maximum absolute atomic E-state index is 16.3. The minimum Gasteiger partial charge on any atom is -0.427 e. The molecule has 0 bridgehead atoms. The Hall–Kier alpha value is -8.30. The Labute approximate surface area is 533 Å². The maximum atomic E-state index is 16.3. The molecule has 1 aliphatic carbocycles. The highest BCUT2D eigenvalue weighted by Gasteiger charge is 2.59. The number of phosphoric acid groups is 2. The lowest BCUT2D eigenvalue weighted by molar-refractivity contribution is -0.268. The van der Waals surface area contributed by atoms with Crippen LogP contribution in [0.15, 0.2) is 218 Å². The van der Waals surface area contributed by atoms with E-state index in [1.807, 2.05) is 121 Å². The predicted molar refractivity (Wildman–Crippen MR) is 335 cm³/mol. The Kier molecular flexibility index (Phi) is 25.0. The first-order chi connectivity index (χ1) is 44.5. The molecule has 6 atom stereocenters. The number of rotatable bonds is 32. The van der Waals surface area contributed by atoms with Gasteiger partial charge >= 0.3 is 39.5 Å². The van der Waals surface area contributed by atoms with Crippen molar-refractivity contribution in [2.75, 3.05) is 0 Å². The summed E-state index contributed by atoms with van der Waals surface area (Å²) in [6.45, 7) is 3.16. The molecular weight excluding hydrogens is 1220 g/mol. The average Bonchev–Trinajstić information content (AvgIpc) is 0.779. The Balaban J connectivity index is 1.21. The van der Waals surface area contributed by atoms with Gasteiger partial charge in [-0.3, -0.25) is 46.3 Å². The number of carbonyl (C=O) groups is 4. The number of carbonyl (C=O) groups excluding carboxylic acids is 4. The van der Waals surface area contributed by atoms with Gasteiger partial charge in [0.05, 0.1) is 52.9 Å². The molecule has 0 heterocycles. The van der Waals surface area contributed by atoms with E-state index in [4.69, 9.17) is 65.0 Å². The van der Waals surface area contributed by atoms with Gasteiger partial charge in [-0.1, -0.05) is 170 Å². The highest BCUT2D eigenvalue weighted by molar-refractivity contribution is 7.48. The summed E-state index contributed by atoms with van der Waals surface area (Å²) in [7, 11) is -10.1. The second kappa shape index (κ2) is 33.9. The third kappa shape index (κ3) is 21.4. The first-order valence-corrected chi connectivity index (χ1v) is 32.3. The van der Waals surface area contributed by atoms with E-state index in [0.29, 0.717) is 27.8 Å². The first kappa shape index (κ1) is 68.1. The van der Waals surface area contributed by atoms with E-state index in [9.17, 15) is 19.2 Å². The molecule has 20 nitrogen and oxygen atoms in total. The van der Waals surface area contributed by atoms with Gasteiger partial charge in [-0.2, -0.15) is 0 Å². The number of esters is 4. The summed E-state index contributed by atoms with van der Waals surface area (Å²) in [6, 6.07) is 62.4. The molecule has 8 aromatic carbocycles. The van der Waals surface area contributed by atoms with Gasteiger partial charge in [0.1, 0.15) is 59.6 Å². The summed E-state index contributed by atoms with van der Waals surface area (Å²) < 4.78 is 122. The second-order valence-corrected chi connectivity index (χ2v) is 24.4. The van der Waals surface area contributed by atoms with Crippen LogP contribution in [0.3, 0.4) is 0 Å². The van der Waals surface area contributed by atoms with Crippen LogP contribution >= 0.6 is 15.6 Å². The standard InChI is InChI=1S/C70H70O20P2/c1-49(71)85-61-33-25-57(26-34-61)45-81-91(75,82-46-58-27-35-62(36-28-58)86-50(2)72)89-69-66(78-42-54-19-11-6-12-20-54)65(77-41-53-17-9-5-10-18-53)67(79-43-55-21-13-7-14-22-55)70(68(69)80-44-56-23-15-8-16-24-56)90-92(76,83-47-59-29-37-63(38-30-59)87-51(3)73)84-48-60-31-39-64(40-32-60)88-52(4)74/h5-40,65-70H,41-48H2,1-4H3/t65?,66-,67-,68?,69-,70+/m1/s1. The number of phosphoric ester groups is 2. The fourth-order valence-corrected chi connectivity index (χ4v) is 12.3. The van der Waals surface area contributed by atoms with Crippen LogP contribution in [0.5, 0.6) is 23.0 Å². The monoisotopic (exact) mass is 1290 g/mol. The van der Waals surface area contributed by atoms with Crippen LogP contribution in [-0.2, 0) is 127 Å². The molecule has 0 amide bonds. The Bertz CT molecular complexity index is 3380. The van der Waals surface area contributed by atoms with Crippen LogP contribution in [0.2, 0.25) is 0 Å². The Morgan fingerprint density at radius 2 is 0.446 bits per heavy atom. The molecule has 92 heavy (non-hydrogen) atoms. The molecule has 0 radical (unpaired) electrons. The molecule has 0 aromatic heterocycles. The lowest BCUT2D eigenvalue weighted by Crippen LogP contribution is -2.67. The molecule has 0 N–H and O–H groups in total. The summed E-state index contributed by atoms with van der Waals surface area (Å²) in [6.07, 6.45) is -8.90. The quantitative estimate of drug-likeness (QED) is 0.0217. The number of benzene rings is 8. The van der Waals surface area contributed by atoms with Crippen molar-refractivity contribution in [1.82, 2.24) is 0 Å². The molecule has 9 rings (SSSR count). The lowest BCUT2D eigenvalue weighted by atomic mass is 9.84. The van der Waals surface area contributed by atoms with Gasteiger partial charge in [-0.15, -0.1) is 0 Å². The fraction of sp³-hybridized carbons (Fsp3) is 0.257. The molecule has 0 aliphatic heterocycles. The van der Waals surface area contributed by atoms with Gasteiger partial charge in [0.25, 0.3) is 0 Å². The highest BCUT2D eigenvalue weighted by atomic mass is 31.2. The van der Waals surface area contributed by atoms with E-state index >= 15 is 9.13 Å². The third-order valence-electron chi connectivity index (χ3n) is 13.9. The van der Waals surface area contributed by atoms with Gasteiger partial charge in [0.2, 0.25) is 0 Å². The minimum atomic E-state index is -5.03. The topological polar surface area (TPSA) is 232 Å². The van der Waals surface area contributed by atoms with Gasteiger partial charge in [-0.25, -0.2) is 9.13 Å². The predicted octanol–water partition coefficient (Wildman–Crippen LogP) is 13.9. The third-order valence-corrected chi connectivity index (χ3v) is 16.7. The second-order valence-electron chi connectivity index (χ2n) is 21.1.